The smallest absolute Gasteiger partial charge is 0.463 e. The number of hydrogen-bond acceptors (Lipinski definition) is 17. The average Bonchev–Trinajstić information content (AvgIpc) is 3.16. The summed E-state index contributed by atoms with van der Waals surface area (Å²) >= 11 is 0. The van der Waals surface area contributed by atoms with Gasteiger partial charge >= 0.3 is 30.0 Å². The molecule has 17 nitrogen and oxygen atoms in total. The molecule has 290 valence electrons. The highest BCUT2D eigenvalue weighted by Gasteiger charge is 2.58. The van der Waals surface area contributed by atoms with E-state index in [2.05, 4.69) is 5.92 Å². The number of hydrogen-bond donors (Lipinski definition) is 0. The topological polar surface area (TPSA) is 196 Å². The lowest BCUT2D eigenvalue weighted by atomic mass is 9.95. The molecule has 2 aromatic carbocycles. The molecule has 0 bridgehead atoms. The summed E-state index contributed by atoms with van der Waals surface area (Å²) in [6.45, 7) is 2.30. The molecule has 3 aliphatic heterocycles. The number of methoxy groups -OCH3 is 1. The van der Waals surface area contributed by atoms with Gasteiger partial charge in [-0.3, -0.25) is 14.4 Å². The highest BCUT2D eigenvalue weighted by atomic mass is 16.8. The molecule has 0 radical (unpaired) electrons. The number of terminal acetylenes is 1. The van der Waals surface area contributed by atoms with E-state index in [1.54, 1.807) is 42.5 Å². The van der Waals surface area contributed by atoms with Crippen LogP contribution in [0.2, 0.25) is 0 Å². The Morgan fingerprint density at radius 1 is 0.722 bits per heavy atom. The van der Waals surface area contributed by atoms with E-state index in [0.717, 1.165) is 20.8 Å². The Labute approximate surface area is 310 Å². The van der Waals surface area contributed by atoms with Crippen LogP contribution in [0.25, 0.3) is 0 Å². The van der Waals surface area contributed by atoms with E-state index in [1.807, 2.05) is 6.07 Å². The molecule has 0 aromatic heterocycles. The Bertz CT molecular complexity index is 1640. The minimum absolute atomic E-state index is 0.134. The Morgan fingerprint density at radius 2 is 1.37 bits per heavy atom. The molecular formula is C37H40O17. The van der Waals surface area contributed by atoms with Crippen LogP contribution < -0.4 is 0 Å². The van der Waals surface area contributed by atoms with E-state index in [0.29, 0.717) is 5.56 Å². The van der Waals surface area contributed by atoms with Gasteiger partial charge in [0.1, 0.15) is 31.0 Å². The van der Waals surface area contributed by atoms with Gasteiger partial charge in [0.2, 0.25) is 0 Å². The first-order valence-electron chi connectivity index (χ1n) is 16.8. The van der Waals surface area contributed by atoms with Crippen molar-refractivity contribution in [1.29, 1.82) is 0 Å². The summed E-state index contributed by atoms with van der Waals surface area (Å²) in [5.41, 5.74) is 0.791. The van der Waals surface area contributed by atoms with Gasteiger partial charge in [-0.2, -0.15) is 0 Å². The summed E-state index contributed by atoms with van der Waals surface area (Å²) < 4.78 is 69.7. The second-order valence-corrected chi connectivity index (χ2v) is 12.1. The van der Waals surface area contributed by atoms with Crippen LogP contribution in [0.4, 0.5) is 4.79 Å². The standard InChI is InChI=1S/C37H40O17/c1-6-17-44-37(42)54-32-30(51-33(41)23-13-9-7-10-14-23)28-26(19-46-34(52-28)24-15-11-8-12-16-24)50-36(32)53-27-25(18-45-20(2)38)49-35(43-5)31(48-22(4)40)29(27)47-21(3)39/h1,7-16,25-32,34-36H,17-19H2,2-5H3/t25-,26-,27-,28-,29+,30+,31-,32-,34-,35+,36+/m1/s1. The molecule has 3 saturated heterocycles. The molecular weight excluding hydrogens is 716 g/mol. The van der Waals surface area contributed by atoms with Crippen LogP contribution in [0, 0.1) is 12.3 Å². The maximum Gasteiger partial charge on any atom is 0.509 e. The van der Waals surface area contributed by atoms with Gasteiger partial charge in [-0.25, -0.2) is 9.59 Å². The van der Waals surface area contributed by atoms with E-state index < -0.39 is 111 Å². The van der Waals surface area contributed by atoms with Crippen LogP contribution in [-0.2, 0) is 71.2 Å². The Hall–Kier alpha value is -5.09. The lowest BCUT2D eigenvalue weighted by Gasteiger charge is -2.50. The molecule has 0 N–H and O–H groups in total. The molecule has 3 aliphatic rings. The van der Waals surface area contributed by atoms with Crippen molar-refractivity contribution in [2.24, 2.45) is 0 Å². The second-order valence-electron chi connectivity index (χ2n) is 12.1. The van der Waals surface area contributed by atoms with Crippen molar-refractivity contribution >= 4 is 30.0 Å². The maximum atomic E-state index is 13.7. The summed E-state index contributed by atoms with van der Waals surface area (Å²) in [5, 5.41) is 0. The Kier molecular flexibility index (Phi) is 14.0. The minimum atomic E-state index is -1.71. The van der Waals surface area contributed by atoms with Crippen molar-refractivity contribution in [2.75, 3.05) is 26.9 Å². The Morgan fingerprint density at radius 3 is 2.00 bits per heavy atom. The molecule has 3 heterocycles. The van der Waals surface area contributed by atoms with E-state index >= 15 is 0 Å². The molecule has 2 aromatic rings. The number of benzene rings is 2. The molecule has 5 rings (SSSR count). The fourth-order valence-corrected chi connectivity index (χ4v) is 6.07. The molecule has 17 heteroatoms. The van der Waals surface area contributed by atoms with Gasteiger partial charge in [-0.05, 0) is 12.1 Å². The molecule has 3 fully saturated rings. The highest BCUT2D eigenvalue weighted by molar-refractivity contribution is 5.89. The molecule has 54 heavy (non-hydrogen) atoms. The zero-order valence-corrected chi connectivity index (χ0v) is 29.8. The summed E-state index contributed by atoms with van der Waals surface area (Å²) in [6, 6.07) is 16.9. The molecule has 0 spiro atoms. The Balaban J connectivity index is 1.57. The summed E-state index contributed by atoms with van der Waals surface area (Å²) in [5.74, 6) is -0.956. The van der Waals surface area contributed by atoms with Crippen molar-refractivity contribution in [3.8, 4) is 12.3 Å². The number of fused-ring (bicyclic) bond motifs is 1. The van der Waals surface area contributed by atoms with E-state index in [9.17, 15) is 24.0 Å². The molecule has 0 unspecified atom stereocenters. The van der Waals surface area contributed by atoms with Gasteiger partial charge in [-0.1, -0.05) is 54.5 Å². The summed E-state index contributed by atoms with van der Waals surface area (Å²) in [4.78, 5) is 63.4. The zero-order valence-electron chi connectivity index (χ0n) is 29.8. The van der Waals surface area contributed by atoms with Crippen molar-refractivity contribution in [3.05, 3.63) is 71.8 Å². The van der Waals surface area contributed by atoms with Gasteiger partial charge in [0.05, 0.1) is 12.2 Å². The molecule has 11 atom stereocenters. The third kappa shape index (κ3) is 10.1. The third-order valence-electron chi connectivity index (χ3n) is 8.28. The van der Waals surface area contributed by atoms with Crippen LogP contribution in [0.5, 0.6) is 0 Å². The molecule has 0 saturated carbocycles. The fourth-order valence-electron chi connectivity index (χ4n) is 6.07. The fraction of sp³-hybridized carbons (Fsp3) is 0.486. The number of carbonyl (C=O) groups is 5. The van der Waals surface area contributed by atoms with Crippen molar-refractivity contribution in [3.63, 3.8) is 0 Å². The normalized spacial score (nSPS) is 30.3. The predicted molar refractivity (Wildman–Crippen MR) is 178 cm³/mol. The van der Waals surface area contributed by atoms with E-state index in [-0.39, 0.29) is 12.2 Å². The van der Waals surface area contributed by atoms with Gasteiger partial charge < -0.3 is 56.8 Å². The van der Waals surface area contributed by atoms with Crippen LogP contribution in [0.3, 0.4) is 0 Å². The van der Waals surface area contributed by atoms with Crippen molar-refractivity contribution in [1.82, 2.24) is 0 Å². The van der Waals surface area contributed by atoms with E-state index in [4.69, 9.17) is 63.3 Å². The first-order chi connectivity index (χ1) is 26.0. The average molecular weight is 757 g/mol. The summed E-state index contributed by atoms with van der Waals surface area (Å²) in [6.07, 6.45) is -11.0. The summed E-state index contributed by atoms with van der Waals surface area (Å²) in [7, 11) is 1.25. The maximum absolute atomic E-state index is 13.7. The predicted octanol–water partition coefficient (Wildman–Crippen LogP) is 2.39. The number of rotatable bonds is 12. The second kappa shape index (κ2) is 18.8. The molecule has 0 amide bonds. The van der Waals surface area contributed by atoms with Crippen LogP contribution >= 0.6 is 0 Å². The van der Waals surface area contributed by atoms with Crippen LogP contribution in [0.1, 0.15) is 43.0 Å². The van der Waals surface area contributed by atoms with Gasteiger partial charge in [-0.15, -0.1) is 6.42 Å². The largest absolute Gasteiger partial charge is 0.509 e. The SMILES string of the molecule is C#CCOC(=O)O[C@H]1[C@H](O[C@H]2[C@H](OC(C)=O)[C@@H](OC(C)=O)[C@@H](OC)O[C@@H]2COC(C)=O)O[C@@H]2CO[C@@H](c3ccccc3)O[C@H]2[C@@H]1OC(=O)c1ccccc1. The zero-order chi connectivity index (χ0) is 38.8. The number of carbonyl (C=O) groups excluding carboxylic acids is 5. The third-order valence-corrected chi connectivity index (χ3v) is 8.28. The first-order valence-corrected chi connectivity index (χ1v) is 16.8. The number of esters is 4. The lowest BCUT2D eigenvalue weighted by Crippen LogP contribution is -2.68. The van der Waals surface area contributed by atoms with E-state index in [1.165, 1.54) is 19.2 Å². The number of ether oxygens (including phenoxy) is 12. The quantitative estimate of drug-likeness (QED) is 0.174. The van der Waals surface area contributed by atoms with Crippen LogP contribution in [-0.4, -0.2) is 118 Å². The monoisotopic (exact) mass is 756 g/mol. The lowest BCUT2D eigenvalue weighted by molar-refractivity contribution is -0.384. The van der Waals surface area contributed by atoms with Gasteiger partial charge in [0.25, 0.3) is 0 Å². The minimum Gasteiger partial charge on any atom is -0.463 e. The molecule has 0 aliphatic carbocycles. The van der Waals surface area contributed by atoms with Gasteiger partial charge in [0, 0.05) is 33.4 Å². The highest BCUT2D eigenvalue weighted by Crippen LogP contribution is 2.39. The first kappa shape index (κ1) is 40.1. The van der Waals surface area contributed by atoms with Crippen molar-refractivity contribution in [2.45, 2.75) is 88.5 Å². The van der Waals surface area contributed by atoms with Crippen LogP contribution in [0.15, 0.2) is 60.7 Å². The van der Waals surface area contributed by atoms with Crippen molar-refractivity contribution < 1.29 is 80.8 Å². The van der Waals surface area contributed by atoms with Gasteiger partial charge in [0.15, 0.2) is 49.9 Å².